The minimum atomic E-state index is 0.530. The number of hydrogen-bond donors (Lipinski definition) is 1. The third-order valence-electron chi connectivity index (χ3n) is 3.41. The maximum Gasteiger partial charge on any atom is 0.204 e. The van der Waals surface area contributed by atoms with Gasteiger partial charge in [0.05, 0.1) is 26.9 Å². The van der Waals surface area contributed by atoms with Gasteiger partial charge in [0.2, 0.25) is 5.75 Å². The van der Waals surface area contributed by atoms with Gasteiger partial charge in [-0.3, -0.25) is 5.10 Å². The molecule has 0 radical (unpaired) electrons. The Balaban J connectivity index is 2.06. The highest BCUT2D eigenvalue weighted by Crippen LogP contribution is 2.44. The number of nitrogens with one attached hydrogen (secondary N) is 1. The normalized spacial score (nSPS) is 14.2. The van der Waals surface area contributed by atoms with Gasteiger partial charge < -0.3 is 14.2 Å². The summed E-state index contributed by atoms with van der Waals surface area (Å²) in [7, 11) is 4.77. The first-order valence-electron chi connectivity index (χ1n) is 6.50. The number of ether oxygens (including phenoxy) is 3. The second-order valence-electron chi connectivity index (χ2n) is 4.70. The summed E-state index contributed by atoms with van der Waals surface area (Å²) in [5.41, 5.74) is 0.785. The van der Waals surface area contributed by atoms with Crippen LogP contribution in [0.25, 0.3) is 11.4 Å². The van der Waals surface area contributed by atoms with Gasteiger partial charge in [-0.15, -0.1) is 0 Å². The van der Waals surface area contributed by atoms with E-state index < -0.39 is 0 Å². The number of aromatic amines is 1. The minimum Gasteiger partial charge on any atom is -0.493 e. The van der Waals surface area contributed by atoms with Gasteiger partial charge in [0.1, 0.15) is 5.82 Å². The van der Waals surface area contributed by atoms with Crippen LogP contribution in [0.3, 0.4) is 0 Å². The number of hydrogen-bond acceptors (Lipinski definition) is 5. The summed E-state index contributed by atoms with van der Waals surface area (Å²) < 4.78 is 16.1. The van der Waals surface area contributed by atoms with Crippen LogP contribution in [0, 0.1) is 0 Å². The smallest absolute Gasteiger partial charge is 0.204 e. The summed E-state index contributed by atoms with van der Waals surface area (Å²) in [6.07, 6.45) is 2.36. The lowest BCUT2D eigenvalue weighted by molar-refractivity contribution is 0.325. The van der Waals surface area contributed by atoms with Gasteiger partial charge in [-0.2, -0.15) is 5.10 Å². The minimum absolute atomic E-state index is 0.530. The van der Waals surface area contributed by atoms with Crippen molar-refractivity contribution in [2.45, 2.75) is 18.8 Å². The summed E-state index contributed by atoms with van der Waals surface area (Å²) in [6.45, 7) is 0. The molecule has 0 spiro atoms. The Morgan fingerprint density at radius 1 is 1.05 bits per heavy atom. The Hall–Kier alpha value is -2.24. The van der Waals surface area contributed by atoms with Crippen molar-refractivity contribution < 1.29 is 14.2 Å². The summed E-state index contributed by atoms with van der Waals surface area (Å²) >= 11 is 0. The Labute approximate surface area is 117 Å². The van der Waals surface area contributed by atoms with E-state index in [1.54, 1.807) is 21.3 Å². The van der Waals surface area contributed by atoms with Crippen molar-refractivity contribution in [1.29, 1.82) is 0 Å². The maximum atomic E-state index is 5.45. The number of methoxy groups -OCH3 is 3. The van der Waals surface area contributed by atoms with Gasteiger partial charge in [0, 0.05) is 5.92 Å². The summed E-state index contributed by atoms with van der Waals surface area (Å²) in [5.74, 6) is 3.83. The second-order valence-corrected chi connectivity index (χ2v) is 4.70. The average molecular weight is 275 g/mol. The van der Waals surface area contributed by atoms with Crippen LogP contribution in [0.1, 0.15) is 24.6 Å². The first-order valence-corrected chi connectivity index (χ1v) is 6.50. The third-order valence-corrected chi connectivity index (χ3v) is 3.41. The van der Waals surface area contributed by atoms with E-state index in [0.29, 0.717) is 29.0 Å². The van der Waals surface area contributed by atoms with Crippen molar-refractivity contribution in [3.63, 3.8) is 0 Å². The van der Waals surface area contributed by atoms with Crippen LogP contribution in [-0.2, 0) is 0 Å². The molecular weight excluding hydrogens is 258 g/mol. The highest BCUT2D eigenvalue weighted by molar-refractivity contribution is 5.72. The van der Waals surface area contributed by atoms with Gasteiger partial charge in [-0.25, -0.2) is 4.98 Å². The van der Waals surface area contributed by atoms with Crippen LogP contribution in [0.2, 0.25) is 0 Å². The molecule has 106 valence electrons. The van der Waals surface area contributed by atoms with Crippen LogP contribution in [0.5, 0.6) is 17.2 Å². The molecule has 1 aliphatic rings. The van der Waals surface area contributed by atoms with Crippen LogP contribution < -0.4 is 14.2 Å². The summed E-state index contributed by atoms with van der Waals surface area (Å²) in [5, 5.41) is 7.27. The number of nitrogens with zero attached hydrogens (tertiary/aromatic N) is 2. The first-order chi connectivity index (χ1) is 9.78. The fraction of sp³-hybridized carbons (Fsp3) is 0.429. The van der Waals surface area contributed by atoms with Crippen LogP contribution in [0.4, 0.5) is 0 Å². The number of aromatic nitrogens is 3. The van der Waals surface area contributed by atoms with Crippen molar-refractivity contribution in [3.8, 4) is 28.6 Å². The predicted octanol–water partition coefficient (Wildman–Crippen LogP) is 2.37. The van der Waals surface area contributed by atoms with Gasteiger partial charge >= 0.3 is 0 Å². The van der Waals surface area contributed by atoms with Gasteiger partial charge in [0.15, 0.2) is 17.3 Å². The molecule has 0 bridgehead atoms. The van der Waals surface area contributed by atoms with Gasteiger partial charge in [-0.05, 0) is 25.0 Å². The average Bonchev–Trinajstić information content (AvgIpc) is 3.23. The summed E-state index contributed by atoms with van der Waals surface area (Å²) in [4.78, 5) is 4.54. The van der Waals surface area contributed by atoms with Crippen molar-refractivity contribution in [2.24, 2.45) is 0 Å². The second kappa shape index (κ2) is 5.03. The molecule has 0 atom stereocenters. The van der Waals surface area contributed by atoms with E-state index in [2.05, 4.69) is 15.2 Å². The molecule has 6 nitrogen and oxygen atoms in total. The van der Waals surface area contributed by atoms with Crippen LogP contribution in [-0.4, -0.2) is 36.5 Å². The molecule has 1 aromatic heterocycles. The molecule has 20 heavy (non-hydrogen) atoms. The number of rotatable bonds is 5. The molecule has 1 saturated carbocycles. The zero-order valence-electron chi connectivity index (χ0n) is 11.8. The van der Waals surface area contributed by atoms with Gasteiger partial charge in [0.25, 0.3) is 0 Å². The predicted molar refractivity (Wildman–Crippen MR) is 73.4 cm³/mol. The highest BCUT2D eigenvalue weighted by Gasteiger charge is 2.28. The lowest BCUT2D eigenvalue weighted by Crippen LogP contribution is -1.97. The van der Waals surface area contributed by atoms with Crippen molar-refractivity contribution >= 4 is 0 Å². The Morgan fingerprint density at radius 3 is 2.40 bits per heavy atom. The molecule has 1 N–H and O–H groups in total. The van der Waals surface area contributed by atoms with E-state index in [1.165, 1.54) is 12.8 Å². The number of H-pyrrole nitrogens is 1. The van der Waals surface area contributed by atoms with Gasteiger partial charge in [-0.1, -0.05) is 0 Å². The molecule has 1 heterocycles. The zero-order valence-corrected chi connectivity index (χ0v) is 11.8. The summed E-state index contributed by atoms with van der Waals surface area (Å²) in [6, 6.07) is 3.70. The van der Waals surface area contributed by atoms with Crippen LogP contribution >= 0.6 is 0 Å². The van der Waals surface area contributed by atoms with Crippen molar-refractivity contribution in [1.82, 2.24) is 15.2 Å². The molecule has 0 aliphatic heterocycles. The fourth-order valence-electron chi connectivity index (χ4n) is 2.21. The molecule has 1 fully saturated rings. The van der Waals surface area contributed by atoms with Crippen molar-refractivity contribution in [3.05, 3.63) is 18.0 Å². The quantitative estimate of drug-likeness (QED) is 0.907. The Morgan fingerprint density at radius 2 is 1.80 bits per heavy atom. The third kappa shape index (κ3) is 2.07. The first kappa shape index (κ1) is 12.8. The molecule has 3 rings (SSSR count). The van der Waals surface area contributed by atoms with E-state index in [-0.39, 0.29) is 0 Å². The SMILES string of the molecule is COc1ccc(-c2n[nH]c(C3CC3)n2)c(OC)c1OC. The van der Waals surface area contributed by atoms with E-state index in [4.69, 9.17) is 14.2 Å². The molecule has 2 aromatic rings. The number of benzene rings is 1. The molecule has 1 aliphatic carbocycles. The molecule has 6 heteroatoms. The van der Waals surface area contributed by atoms with Crippen molar-refractivity contribution in [2.75, 3.05) is 21.3 Å². The lowest BCUT2D eigenvalue weighted by Gasteiger charge is -2.14. The molecule has 0 amide bonds. The fourth-order valence-corrected chi connectivity index (χ4v) is 2.21. The van der Waals surface area contributed by atoms with E-state index in [9.17, 15) is 0 Å². The zero-order chi connectivity index (χ0) is 14.1. The van der Waals surface area contributed by atoms with E-state index in [1.807, 2.05) is 12.1 Å². The lowest BCUT2D eigenvalue weighted by atomic mass is 10.1. The van der Waals surface area contributed by atoms with E-state index >= 15 is 0 Å². The molecule has 0 unspecified atom stereocenters. The highest BCUT2D eigenvalue weighted by atomic mass is 16.5. The molecular formula is C14H17N3O3. The Kier molecular flexibility index (Phi) is 3.22. The molecule has 1 aromatic carbocycles. The Bertz CT molecular complexity index is 620. The maximum absolute atomic E-state index is 5.45. The van der Waals surface area contributed by atoms with E-state index in [0.717, 1.165) is 11.4 Å². The largest absolute Gasteiger partial charge is 0.493 e. The monoisotopic (exact) mass is 275 g/mol. The topological polar surface area (TPSA) is 69.3 Å². The molecule has 0 saturated heterocycles. The standard InChI is InChI=1S/C14H17N3O3/c1-18-10-7-6-9(11(19-2)12(10)20-3)14-15-13(16-17-14)8-4-5-8/h6-8H,4-5H2,1-3H3,(H,15,16,17). The van der Waals surface area contributed by atoms with Crippen LogP contribution in [0.15, 0.2) is 12.1 Å².